The van der Waals surface area contributed by atoms with Gasteiger partial charge in [0.05, 0.1) is 10.6 Å². The molecule has 2 fully saturated rings. The number of nitrogens with two attached hydrogens (primary N) is 1. The van der Waals surface area contributed by atoms with E-state index < -0.39 is 15.8 Å². The molecule has 2 aliphatic rings. The minimum atomic E-state index is -3.61. The summed E-state index contributed by atoms with van der Waals surface area (Å²) < 4.78 is 40.3. The highest BCUT2D eigenvalue weighted by Crippen LogP contribution is 2.36. The minimum Gasteiger partial charge on any atom is -0.396 e. The van der Waals surface area contributed by atoms with Gasteiger partial charge in [-0.2, -0.15) is 4.31 Å². The van der Waals surface area contributed by atoms with Gasteiger partial charge in [-0.1, -0.05) is 0 Å². The Balaban J connectivity index is 1.86. The topological polar surface area (TPSA) is 63.4 Å². The third kappa shape index (κ3) is 2.96. The zero-order valence-corrected chi connectivity index (χ0v) is 12.1. The molecule has 2 saturated carbocycles. The zero-order valence-electron chi connectivity index (χ0n) is 11.3. The lowest BCUT2D eigenvalue weighted by Crippen LogP contribution is -2.34. The van der Waals surface area contributed by atoms with Gasteiger partial charge in [0.2, 0.25) is 10.0 Å². The maximum atomic E-state index is 13.5. The molecule has 0 aliphatic heterocycles. The summed E-state index contributed by atoms with van der Waals surface area (Å²) in [6.07, 6.45) is 4.36. The second-order valence-electron chi connectivity index (χ2n) is 5.89. The third-order valence-electron chi connectivity index (χ3n) is 3.93. The number of hydrogen-bond donors (Lipinski definition) is 1. The van der Waals surface area contributed by atoms with Crippen molar-refractivity contribution in [2.75, 3.05) is 18.8 Å². The molecule has 110 valence electrons. The van der Waals surface area contributed by atoms with Crippen LogP contribution >= 0.6 is 0 Å². The van der Waals surface area contributed by atoms with E-state index >= 15 is 0 Å². The number of benzene rings is 1. The molecule has 0 saturated heterocycles. The average Bonchev–Trinajstić information content (AvgIpc) is 3.26. The van der Waals surface area contributed by atoms with E-state index in [0.717, 1.165) is 31.7 Å². The third-order valence-corrected chi connectivity index (χ3v) is 5.75. The second-order valence-corrected chi connectivity index (χ2v) is 7.83. The van der Waals surface area contributed by atoms with Crippen LogP contribution in [0.3, 0.4) is 0 Å². The Hall–Kier alpha value is -1.14. The first-order chi connectivity index (χ1) is 9.46. The van der Waals surface area contributed by atoms with Gasteiger partial charge in [-0.25, -0.2) is 12.8 Å². The summed E-state index contributed by atoms with van der Waals surface area (Å²) >= 11 is 0. The van der Waals surface area contributed by atoms with Crippen molar-refractivity contribution in [2.24, 2.45) is 11.8 Å². The molecule has 2 aliphatic carbocycles. The fourth-order valence-electron chi connectivity index (χ4n) is 2.26. The van der Waals surface area contributed by atoms with Crippen LogP contribution in [0.5, 0.6) is 0 Å². The lowest BCUT2D eigenvalue weighted by atomic mass is 10.3. The van der Waals surface area contributed by atoms with Crippen LogP contribution in [-0.2, 0) is 10.0 Å². The summed E-state index contributed by atoms with van der Waals surface area (Å²) in [7, 11) is -3.61. The maximum absolute atomic E-state index is 13.5. The average molecular weight is 298 g/mol. The van der Waals surface area contributed by atoms with Gasteiger partial charge in [-0.3, -0.25) is 0 Å². The molecule has 1 aromatic rings. The molecule has 0 radical (unpaired) electrons. The Kier molecular flexibility index (Phi) is 3.46. The molecule has 0 unspecified atom stereocenters. The summed E-state index contributed by atoms with van der Waals surface area (Å²) in [5, 5.41) is 0. The summed E-state index contributed by atoms with van der Waals surface area (Å²) in [6, 6.07) is 3.73. The number of nitrogens with zero attached hydrogens (tertiary/aromatic N) is 1. The number of rotatable bonds is 6. The van der Waals surface area contributed by atoms with E-state index in [9.17, 15) is 12.8 Å². The lowest BCUT2D eigenvalue weighted by molar-refractivity contribution is 0.382. The highest BCUT2D eigenvalue weighted by atomic mass is 32.2. The summed E-state index contributed by atoms with van der Waals surface area (Å²) in [6.45, 7) is 1.12. The first-order valence-electron chi connectivity index (χ1n) is 7.02. The molecule has 4 nitrogen and oxygen atoms in total. The van der Waals surface area contributed by atoms with Gasteiger partial charge in [0, 0.05) is 13.1 Å². The fraction of sp³-hybridized carbons (Fsp3) is 0.571. The Labute approximate surface area is 118 Å². The number of anilines is 1. The first kappa shape index (κ1) is 13.8. The highest BCUT2D eigenvalue weighted by Gasteiger charge is 2.35. The second kappa shape index (κ2) is 5.00. The predicted octanol–water partition coefficient (Wildman–Crippen LogP) is 2.22. The van der Waals surface area contributed by atoms with E-state index in [0.29, 0.717) is 24.9 Å². The molecule has 1 aromatic carbocycles. The molecular weight excluding hydrogens is 279 g/mol. The van der Waals surface area contributed by atoms with E-state index in [1.165, 1.54) is 16.4 Å². The Morgan fingerprint density at radius 3 is 2.15 bits per heavy atom. The fourth-order valence-corrected chi connectivity index (χ4v) is 3.87. The normalized spacial score (nSPS) is 19.5. The van der Waals surface area contributed by atoms with E-state index in [1.54, 1.807) is 0 Å². The standard InChI is InChI=1S/C14H19FN2O2S/c15-13-7-12(5-6-14(13)16)20(18,19)17(8-10-1-2-10)9-11-3-4-11/h5-7,10-11H,1-4,8-9,16H2. The van der Waals surface area contributed by atoms with Gasteiger partial charge < -0.3 is 5.73 Å². The van der Waals surface area contributed by atoms with Crippen LogP contribution < -0.4 is 5.73 Å². The lowest BCUT2D eigenvalue weighted by Gasteiger charge is -2.22. The first-order valence-corrected chi connectivity index (χ1v) is 8.46. The highest BCUT2D eigenvalue weighted by molar-refractivity contribution is 7.89. The number of sulfonamides is 1. The number of hydrogen-bond acceptors (Lipinski definition) is 3. The van der Waals surface area contributed by atoms with Crippen molar-refractivity contribution in [3.8, 4) is 0 Å². The minimum absolute atomic E-state index is 0.00509. The van der Waals surface area contributed by atoms with Gasteiger partial charge in [0.15, 0.2) is 0 Å². The Morgan fingerprint density at radius 1 is 1.15 bits per heavy atom. The molecule has 3 rings (SSSR count). The maximum Gasteiger partial charge on any atom is 0.243 e. The van der Waals surface area contributed by atoms with Crippen molar-refractivity contribution >= 4 is 15.7 Å². The molecule has 6 heteroatoms. The van der Waals surface area contributed by atoms with Crippen LogP contribution in [0, 0.1) is 17.7 Å². The van der Waals surface area contributed by atoms with E-state index in [1.807, 2.05) is 0 Å². The van der Waals surface area contributed by atoms with Crippen LogP contribution in [0.4, 0.5) is 10.1 Å². The van der Waals surface area contributed by atoms with Gasteiger partial charge in [-0.05, 0) is 55.7 Å². The van der Waals surface area contributed by atoms with Gasteiger partial charge in [-0.15, -0.1) is 0 Å². The van der Waals surface area contributed by atoms with Crippen LogP contribution in [0.25, 0.3) is 0 Å². The molecule has 0 heterocycles. The van der Waals surface area contributed by atoms with Crippen molar-refractivity contribution in [1.29, 1.82) is 0 Å². The SMILES string of the molecule is Nc1ccc(S(=O)(=O)N(CC2CC2)CC2CC2)cc1F. The molecule has 0 atom stereocenters. The summed E-state index contributed by atoms with van der Waals surface area (Å²) in [5.74, 6) is 0.271. The molecule has 20 heavy (non-hydrogen) atoms. The van der Waals surface area contributed by atoms with Crippen molar-refractivity contribution in [3.05, 3.63) is 24.0 Å². The number of nitrogen functional groups attached to an aromatic ring is 1. The predicted molar refractivity (Wildman–Crippen MR) is 75.0 cm³/mol. The van der Waals surface area contributed by atoms with E-state index in [2.05, 4.69) is 0 Å². The van der Waals surface area contributed by atoms with Gasteiger partial charge in [0.25, 0.3) is 0 Å². The van der Waals surface area contributed by atoms with E-state index in [4.69, 9.17) is 5.73 Å². The molecular formula is C14H19FN2O2S. The Bertz CT molecular complexity index is 596. The monoisotopic (exact) mass is 298 g/mol. The largest absolute Gasteiger partial charge is 0.396 e. The van der Waals surface area contributed by atoms with Crippen LogP contribution in [0.1, 0.15) is 25.7 Å². The zero-order chi connectivity index (χ0) is 14.3. The number of halogens is 1. The Morgan fingerprint density at radius 2 is 1.70 bits per heavy atom. The van der Waals surface area contributed by atoms with Crippen molar-refractivity contribution in [1.82, 2.24) is 4.31 Å². The molecule has 0 spiro atoms. The molecule has 0 aromatic heterocycles. The molecule has 0 amide bonds. The summed E-state index contributed by atoms with van der Waals surface area (Å²) in [4.78, 5) is 0.00509. The quantitative estimate of drug-likeness (QED) is 0.819. The summed E-state index contributed by atoms with van der Waals surface area (Å²) in [5.41, 5.74) is 5.38. The van der Waals surface area contributed by atoms with Gasteiger partial charge >= 0.3 is 0 Å². The smallest absolute Gasteiger partial charge is 0.243 e. The van der Waals surface area contributed by atoms with Crippen LogP contribution in [-0.4, -0.2) is 25.8 Å². The molecule has 0 bridgehead atoms. The van der Waals surface area contributed by atoms with Crippen molar-refractivity contribution in [2.45, 2.75) is 30.6 Å². The van der Waals surface area contributed by atoms with Crippen molar-refractivity contribution < 1.29 is 12.8 Å². The van der Waals surface area contributed by atoms with E-state index in [-0.39, 0.29) is 10.6 Å². The van der Waals surface area contributed by atoms with Gasteiger partial charge in [0.1, 0.15) is 5.82 Å². The van der Waals surface area contributed by atoms with Crippen molar-refractivity contribution in [3.63, 3.8) is 0 Å². The molecule has 2 N–H and O–H groups in total. The van der Waals surface area contributed by atoms with Crippen LogP contribution in [0.2, 0.25) is 0 Å². The van der Waals surface area contributed by atoms with Crippen LogP contribution in [0.15, 0.2) is 23.1 Å².